The third-order valence-corrected chi connectivity index (χ3v) is 7.89. The number of piperidine rings is 1. The summed E-state index contributed by atoms with van der Waals surface area (Å²) in [6.45, 7) is 7.58. The fraction of sp³-hybridized carbons (Fsp3) is 0.367. The number of ether oxygens (including phenoxy) is 2. The van der Waals surface area contributed by atoms with E-state index in [1.807, 2.05) is 30.3 Å². The summed E-state index contributed by atoms with van der Waals surface area (Å²) in [4.78, 5) is 34.7. The van der Waals surface area contributed by atoms with Gasteiger partial charge < -0.3 is 14.4 Å². The summed E-state index contributed by atoms with van der Waals surface area (Å²) in [6.07, 6.45) is 5.35. The molecule has 0 saturated carbocycles. The number of carbonyl (C=O) groups is 1. The van der Waals surface area contributed by atoms with Crippen molar-refractivity contribution in [2.45, 2.75) is 52.2 Å². The summed E-state index contributed by atoms with van der Waals surface area (Å²) in [6, 6.07) is 15.1. The van der Waals surface area contributed by atoms with E-state index in [2.05, 4.69) is 34.2 Å². The molecular formula is C30H33N3O4S. The molecule has 0 spiro atoms. The van der Waals surface area contributed by atoms with E-state index < -0.39 is 12.0 Å². The zero-order valence-electron chi connectivity index (χ0n) is 22.3. The number of methoxy groups -OCH3 is 1. The summed E-state index contributed by atoms with van der Waals surface area (Å²) in [5, 5.41) is 0. The normalized spacial score (nSPS) is 17.9. The lowest BCUT2D eigenvalue weighted by atomic mass is 9.95. The molecule has 198 valence electrons. The summed E-state index contributed by atoms with van der Waals surface area (Å²) in [5.41, 5.74) is 3.63. The smallest absolute Gasteiger partial charge is 0.338 e. The van der Waals surface area contributed by atoms with Gasteiger partial charge in [0.05, 0.1) is 35.1 Å². The van der Waals surface area contributed by atoms with Gasteiger partial charge in [-0.1, -0.05) is 35.6 Å². The number of hydrogen-bond acceptors (Lipinski definition) is 7. The van der Waals surface area contributed by atoms with E-state index in [0.29, 0.717) is 26.4 Å². The van der Waals surface area contributed by atoms with Crippen molar-refractivity contribution in [3.63, 3.8) is 0 Å². The van der Waals surface area contributed by atoms with Gasteiger partial charge in [0.1, 0.15) is 5.75 Å². The number of hydrogen-bond donors (Lipinski definition) is 0. The van der Waals surface area contributed by atoms with Gasteiger partial charge in [0.2, 0.25) is 0 Å². The molecule has 2 aliphatic rings. The van der Waals surface area contributed by atoms with E-state index in [0.717, 1.165) is 24.2 Å². The molecule has 3 heterocycles. The average Bonchev–Trinajstić information content (AvgIpc) is 3.22. The molecular weight excluding hydrogens is 498 g/mol. The quantitative estimate of drug-likeness (QED) is 0.446. The molecule has 0 aliphatic carbocycles. The van der Waals surface area contributed by atoms with E-state index in [1.54, 1.807) is 32.4 Å². The molecule has 1 aromatic heterocycles. The number of fused-ring (bicyclic) bond motifs is 1. The van der Waals surface area contributed by atoms with Crippen molar-refractivity contribution in [2.24, 2.45) is 4.99 Å². The third-order valence-electron chi connectivity index (χ3n) is 6.91. The van der Waals surface area contributed by atoms with Crippen LogP contribution < -0.4 is 24.5 Å². The van der Waals surface area contributed by atoms with Crippen LogP contribution in [-0.2, 0) is 9.53 Å². The lowest BCUT2D eigenvalue weighted by molar-refractivity contribution is -0.143. The van der Waals surface area contributed by atoms with E-state index in [1.165, 1.54) is 36.3 Å². The van der Waals surface area contributed by atoms with Crippen molar-refractivity contribution in [1.29, 1.82) is 0 Å². The Bertz CT molecular complexity index is 1540. The van der Waals surface area contributed by atoms with Gasteiger partial charge in [-0.3, -0.25) is 9.36 Å². The standard InChI is InChI=1S/C30H33N3O4S/c1-19(2)37-29(35)26-20(3)31-30-33(27(26)22-9-8-10-24(18-22)36-4)28(34)25(38-30)17-21-11-13-23(14-12-21)32-15-6-5-7-16-32/h8-14,17-19,27H,5-7,15-16H2,1-4H3/b25-17-/t27-/m1/s1. The molecule has 1 atom stereocenters. The van der Waals surface area contributed by atoms with Crippen molar-refractivity contribution >= 4 is 29.1 Å². The zero-order chi connectivity index (χ0) is 26.8. The van der Waals surface area contributed by atoms with E-state index >= 15 is 0 Å². The number of thiazole rings is 1. The van der Waals surface area contributed by atoms with Crippen LogP contribution in [0, 0.1) is 0 Å². The van der Waals surface area contributed by atoms with Crippen molar-refractivity contribution in [1.82, 2.24) is 4.57 Å². The highest BCUT2D eigenvalue weighted by molar-refractivity contribution is 7.07. The second kappa shape index (κ2) is 11.0. The Morgan fingerprint density at radius 3 is 2.53 bits per heavy atom. The summed E-state index contributed by atoms with van der Waals surface area (Å²) in [7, 11) is 1.59. The maximum Gasteiger partial charge on any atom is 0.338 e. The maximum absolute atomic E-state index is 13.8. The number of esters is 1. The molecule has 0 N–H and O–H groups in total. The number of aromatic nitrogens is 1. The summed E-state index contributed by atoms with van der Waals surface area (Å²) in [5.74, 6) is 0.168. The fourth-order valence-corrected chi connectivity index (χ4v) is 6.12. The monoisotopic (exact) mass is 531 g/mol. The van der Waals surface area contributed by atoms with Crippen LogP contribution in [0.3, 0.4) is 0 Å². The first kappa shape index (κ1) is 26.0. The van der Waals surface area contributed by atoms with Gasteiger partial charge in [-0.05, 0) is 81.5 Å². The van der Waals surface area contributed by atoms with Crippen LogP contribution >= 0.6 is 11.3 Å². The molecule has 7 nitrogen and oxygen atoms in total. The number of nitrogens with zero attached hydrogens (tertiary/aromatic N) is 3. The summed E-state index contributed by atoms with van der Waals surface area (Å²) >= 11 is 1.33. The van der Waals surface area contributed by atoms with Gasteiger partial charge in [-0.15, -0.1) is 0 Å². The largest absolute Gasteiger partial charge is 0.497 e. The van der Waals surface area contributed by atoms with Crippen molar-refractivity contribution in [2.75, 3.05) is 25.1 Å². The highest BCUT2D eigenvalue weighted by Crippen LogP contribution is 2.32. The first-order valence-electron chi connectivity index (χ1n) is 13.1. The van der Waals surface area contributed by atoms with Crippen molar-refractivity contribution in [3.8, 4) is 5.75 Å². The number of carbonyl (C=O) groups excluding carboxylic acids is 1. The van der Waals surface area contributed by atoms with Gasteiger partial charge >= 0.3 is 5.97 Å². The fourth-order valence-electron chi connectivity index (χ4n) is 5.07. The molecule has 1 fully saturated rings. The van der Waals surface area contributed by atoms with E-state index in [9.17, 15) is 9.59 Å². The first-order chi connectivity index (χ1) is 18.4. The lowest BCUT2D eigenvalue weighted by Gasteiger charge is -2.28. The molecule has 38 heavy (non-hydrogen) atoms. The van der Waals surface area contributed by atoms with Gasteiger partial charge in [0.15, 0.2) is 4.80 Å². The molecule has 5 rings (SSSR count). The van der Waals surface area contributed by atoms with E-state index in [-0.39, 0.29) is 11.7 Å². The molecule has 2 aliphatic heterocycles. The average molecular weight is 532 g/mol. The number of benzene rings is 2. The van der Waals surface area contributed by atoms with Crippen molar-refractivity contribution < 1.29 is 14.3 Å². The van der Waals surface area contributed by atoms with Crippen molar-refractivity contribution in [3.05, 3.63) is 90.6 Å². The Kier molecular flexibility index (Phi) is 7.51. The Hall–Kier alpha value is -3.65. The van der Waals surface area contributed by atoms with Crippen LogP contribution in [0.5, 0.6) is 5.75 Å². The highest BCUT2D eigenvalue weighted by atomic mass is 32.1. The third kappa shape index (κ3) is 5.18. The highest BCUT2D eigenvalue weighted by Gasteiger charge is 2.34. The molecule has 1 saturated heterocycles. The molecule has 0 bridgehead atoms. The summed E-state index contributed by atoms with van der Waals surface area (Å²) < 4.78 is 13.2. The van der Waals surface area contributed by atoms with Crippen LogP contribution in [0.25, 0.3) is 6.08 Å². The van der Waals surface area contributed by atoms with Crippen LogP contribution in [0.2, 0.25) is 0 Å². The molecule has 2 aromatic carbocycles. The molecule has 0 amide bonds. The Morgan fingerprint density at radius 2 is 1.84 bits per heavy atom. The Balaban J connectivity index is 1.59. The maximum atomic E-state index is 13.8. The van der Waals surface area contributed by atoms with Crippen LogP contribution in [0.4, 0.5) is 5.69 Å². The first-order valence-corrected chi connectivity index (χ1v) is 13.9. The lowest BCUT2D eigenvalue weighted by Crippen LogP contribution is -2.40. The molecule has 0 radical (unpaired) electrons. The number of rotatable bonds is 6. The van der Waals surface area contributed by atoms with E-state index in [4.69, 9.17) is 9.47 Å². The van der Waals surface area contributed by atoms with Crippen LogP contribution in [0.1, 0.15) is 57.2 Å². The van der Waals surface area contributed by atoms with Gasteiger partial charge in [0, 0.05) is 18.8 Å². The number of allylic oxidation sites excluding steroid dienone is 1. The van der Waals surface area contributed by atoms with Crippen LogP contribution in [-0.4, -0.2) is 36.8 Å². The second-order valence-electron chi connectivity index (χ2n) is 9.95. The topological polar surface area (TPSA) is 73.1 Å². The molecule has 8 heteroatoms. The minimum absolute atomic E-state index is 0.191. The minimum Gasteiger partial charge on any atom is -0.497 e. The Labute approximate surface area is 226 Å². The SMILES string of the molecule is COc1cccc([C@@H]2C(C(=O)OC(C)C)=C(C)N=c3s/c(=C\c4ccc(N5CCCCC5)cc4)c(=O)n32)c1. The molecule has 0 unspecified atom stereocenters. The van der Waals surface area contributed by atoms with Gasteiger partial charge in [-0.2, -0.15) is 0 Å². The Morgan fingerprint density at radius 1 is 1.11 bits per heavy atom. The zero-order valence-corrected chi connectivity index (χ0v) is 23.1. The molecule has 3 aromatic rings. The minimum atomic E-state index is -0.670. The number of anilines is 1. The van der Waals surface area contributed by atoms with Crippen LogP contribution in [0.15, 0.2) is 69.6 Å². The second-order valence-corrected chi connectivity index (χ2v) is 11.0. The predicted octanol–water partition coefficient (Wildman–Crippen LogP) is 4.19. The predicted molar refractivity (Wildman–Crippen MR) is 150 cm³/mol. The van der Waals surface area contributed by atoms with Gasteiger partial charge in [0.25, 0.3) is 5.56 Å². The van der Waals surface area contributed by atoms with Gasteiger partial charge in [-0.25, -0.2) is 9.79 Å².